The van der Waals surface area contributed by atoms with Gasteiger partial charge in [-0.2, -0.15) is 0 Å². The number of primary amides is 1. The van der Waals surface area contributed by atoms with Crippen molar-refractivity contribution in [3.63, 3.8) is 0 Å². The minimum Gasteiger partial charge on any atom is -0.370 e. The third-order valence-electron chi connectivity index (χ3n) is 1.87. The highest BCUT2D eigenvalue weighted by Crippen LogP contribution is 2.22. The van der Waals surface area contributed by atoms with Crippen LogP contribution in [0.4, 0.5) is 5.82 Å². The maximum absolute atomic E-state index is 10.4. The molecule has 16 heavy (non-hydrogen) atoms. The number of ether oxygens (including phenoxy) is 1. The van der Waals surface area contributed by atoms with Gasteiger partial charge in [0.15, 0.2) is 0 Å². The average Bonchev–Trinajstić information content (AvgIpc) is 2.23. The van der Waals surface area contributed by atoms with Crippen LogP contribution in [0.2, 0.25) is 0 Å². The van der Waals surface area contributed by atoms with Gasteiger partial charge in [-0.05, 0) is 34.5 Å². The molecule has 0 spiro atoms. The minimum absolute atomic E-state index is 0.0515. The molecule has 1 aromatic heterocycles. The highest BCUT2D eigenvalue weighted by atomic mass is 79.9. The topological polar surface area (TPSA) is 77.2 Å². The van der Waals surface area contributed by atoms with Gasteiger partial charge in [0.05, 0.1) is 11.1 Å². The summed E-state index contributed by atoms with van der Waals surface area (Å²) in [6.45, 7) is 2.91. The molecule has 0 unspecified atom stereocenters. The van der Waals surface area contributed by atoms with Crippen LogP contribution in [0.15, 0.2) is 16.7 Å². The van der Waals surface area contributed by atoms with E-state index in [2.05, 4.69) is 26.2 Å². The molecule has 0 saturated heterocycles. The summed E-state index contributed by atoms with van der Waals surface area (Å²) in [5, 5.41) is 3.09. The molecule has 6 heteroatoms. The zero-order valence-corrected chi connectivity index (χ0v) is 10.6. The fourth-order valence-corrected chi connectivity index (χ4v) is 1.45. The van der Waals surface area contributed by atoms with E-state index in [1.165, 1.54) is 0 Å². The van der Waals surface area contributed by atoms with Gasteiger partial charge in [0.1, 0.15) is 12.4 Å². The zero-order valence-electron chi connectivity index (χ0n) is 9.00. The molecule has 0 aliphatic rings. The first-order valence-corrected chi connectivity index (χ1v) is 5.61. The number of hydrogen-bond acceptors (Lipinski definition) is 4. The van der Waals surface area contributed by atoms with E-state index in [1.54, 1.807) is 6.20 Å². The Bertz CT molecular complexity index is 371. The van der Waals surface area contributed by atoms with Gasteiger partial charge in [0, 0.05) is 12.7 Å². The van der Waals surface area contributed by atoms with E-state index in [0.29, 0.717) is 13.2 Å². The first-order chi connectivity index (χ1) is 7.61. The van der Waals surface area contributed by atoms with Crippen LogP contribution in [0.1, 0.15) is 5.56 Å². The van der Waals surface area contributed by atoms with Crippen LogP contribution in [0.3, 0.4) is 0 Å². The number of nitrogens with two attached hydrogens (primary N) is 1. The van der Waals surface area contributed by atoms with Crippen molar-refractivity contribution in [1.82, 2.24) is 4.98 Å². The van der Waals surface area contributed by atoms with Gasteiger partial charge >= 0.3 is 0 Å². The monoisotopic (exact) mass is 287 g/mol. The number of amides is 1. The number of anilines is 1. The Balaban J connectivity index is 2.32. The minimum atomic E-state index is -0.463. The molecule has 5 nitrogen and oxygen atoms in total. The molecule has 1 rings (SSSR count). The van der Waals surface area contributed by atoms with Crippen molar-refractivity contribution >= 4 is 27.7 Å². The summed E-state index contributed by atoms with van der Waals surface area (Å²) in [7, 11) is 0. The predicted molar refractivity (Wildman–Crippen MR) is 65.2 cm³/mol. The number of pyridine rings is 1. The molecule has 0 aliphatic heterocycles. The molecule has 0 aromatic carbocycles. The van der Waals surface area contributed by atoms with Gasteiger partial charge in [-0.25, -0.2) is 4.98 Å². The van der Waals surface area contributed by atoms with Crippen LogP contribution in [0.5, 0.6) is 0 Å². The maximum Gasteiger partial charge on any atom is 0.243 e. The number of halogens is 1. The average molecular weight is 288 g/mol. The van der Waals surface area contributed by atoms with Gasteiger partial charge in [-0.15, -0.1) is 0 Å². The quantitative estimate of drug-likeness (QED) is 0.767. The summed E-state index contributed by atoms with van der Waals surface area (Å²) < 4.78 is 5.94. The summed E-state index contributed by atoms with van der Waals surface area (Å²) in [5.74, 6) is 0.303. The van der Waals surface area contributed by atoms with Crippen LogP contribution < -0.4 is 11.1 Å². The van der Waals surface area contributed by atoms with E-state index in [4.69, 9.17) is 10.5 Å². The Labute approximate surface area is 103 Å². The van der Waals surface area contributed by atoms with Crippen molar-refractivity contribution < 1.29 is 9.53 Å². The molecule has 0 radical (unpaired) electrons. The third-order valence-corrected chi connectivity index (χ3v) is 2.87. The summed E-state index contributed by atoms with van der Waals surface area (Å²) in [6, 6.07) is 1.92. The number of carbonyl (C=O) groups excluding carboxylic acids is 1. The van der Waals surface area contributed by atoms with Crippen molar-refractivity contribution in [2.24, 2.45) is 5.73 Å². The van der Waals surface area contributed by atoms with E-state index in [-0.39, 0.29) is 6.61 Å². The summed E-state index contributed by atoms with van der Waals surface area (Å²) in [4.78, 5) is 14.6. The number of aryl methyl sites for hydroxylation is 1. The second-order valence-electron chi connectivity index (χ2n) is 3.24. The van der Waals surface area contributed by atoms with Crippen LogP contribution in [0, 0.1) is 6.92 Å². The van der Waals surface area contributed by atoms with Gasteiger partial charge in [0.25, 0.3) is 0 Å². The Morgan fingerprint density at radius 3 is 3.12 bits per heavy atom. The number of rotatable bonds is 6. The van der Waals surface area contributed by atoms with Gasteiger partial charge in [0.2, 0.25) is 5.91 Å². The third kappa shape index (κ3) is 4.16. The van der Waals surface area contributed by atoms with Crippen molar-refractivity contribution in [2.45, 2.75) is 6.92 Å². The van der Waals surface area contributed by atoms with E-state index >= 15 is 0 Å². The zero-order chi connectivity index (χ0) is 12.0. The Morgan fingerprint density at radius 2 is 2.44 bits per heavy atom. The first kappa shape index (κ1) is 12.9. The van der Waals surface area contributed by atoms with Crippen molar-refractivity contribution in [3.8, 4) is 0 Å². The van der Waals surface area contributed by atoms with Crippen LogP contribution in [-0.4, -0.2) is 30.6 Å². The summed E-state index contributed by atoms with van der Waals surface area (Å²) in [5.41, 5.74) is 6.03. The molecule has 0 fully saturated rings. The Morgan fingerprint density at radius 1 is 1.69 bits per heavy atom. The highest BCUT2D eigenvalue weighted by molar-refractivity contribution is 9.10. The SMILES string of the molecule is Cc1ccnc(NCCOCC(N)=O)c1Br. The predicted octanol–water partition coefficient (Wildman–Crippen LogP) is 1.07. The fraction of sp³-hybridized carbons (Fsp3) is 0.400. The van der Waals surface area contributed by atoms with E-state index < -0.39 is 5.91 Å². The molecular weight excluding hydrogens is 274 g/mol. The number of hydrogen-bond donors (Lipinski definition) is 2. The number of carbonyl (C=O) groups is 1. The molecule has 1 aromatic rings. The molecule has 0 bridgehead atoms. The molecule has 0 aliphatic carbocycles. The number of nitrogens with zero attached hydrogens (tertiary/aromatic N) is 1. The van der Waals surface area contributed by atoms with Crippen molar-refractivity contribution in [1.29, 1.82) is 0 Å². The van der Waals surface area contributed by atoms with Crippen LogP contribution in [0.25, 0.3) is 0 Å². The second-order valence-corrected chi connectivity index (χ2v) is 4.03. The van der Waals surface area contributed by atoms with Crippen molar-refractivity contribution in [3.05, 3.63) is 22.3 Å². The Hall–Kier alpha value is -1.14. The van der Waals surface area contributed by atoms with Gasteiger partial charge in [-0.1, -0.05) is 0 Å². The lowest BCUT2D eigenvalue weighted by Gasteiger charge is -2.08. The molecule has 3 N–H and O–H groups in total. The number of nitrogens with one attached hydrogen (secondary N) is 1. The molecule has 1 amide bonds. The standard InChI is InChI=1S/C10H14BrN3O2/c1-7-2-3-13-10(9(7)11)14-4-5-16-6-8(12)15/h2-3H,4-6H2,1H3,(H2,12,15)(H,13,14). The molecule has 0 atom stereocenters. The summed E-state index contributed by atoms with van der Waals surface area (Å²) in [6.07, 6.45) is 1.73. The summed E-state index contributed by atoms with van der Waals surface area (Å²) >= 11 is 3.43. The first-order valence-electron chi connectivity index (χ1n) is 4.82. The smallest absolute Gasteiger partial charge is 0.243 e. The second kappa shape index (κ2) is 6.44. The lowest BCUT2D eigenvalue weighted by Crippen LogP contribution is -2.20. The highest BCUT2D eigenvalue weighted by Gasteiger charge is 2.02. The van der Waals surface area contributed by atoms with Crippen LogP contribution >= 0.6 is 15.9 Å². The Kier molecular flexibility index (Phi) is 5.21. The van der Waals surface area contributed by atoms with E-state index in [0.717, 1.165) is 15.9 Å². The van der Waals surface area contributed by atoms with Crippen molar-refractivity contribution in [2.75, 3.05) is 25.1 Å². The van der Waals surface area contributed by atoms with Gasteiger partial charge < -0.3 is 15.8 Å². The van der Waals surface area contributed by atoms with Gasteiger partial charge in [-0.3, -0.25) is 4.79 Å². The maximum atomic E-state index is 10.4. The largest absolute Gasteiger partial charge is 0.370 e. The normalized spacial score (nSPS) is 10.1. The molecule has 0 saturated carbocycles. The van der Waals surface area contributed by atoms with E-state index in [9.17, 15) is 4.79 Å². The molecule has 1 heterocycles. The lowest BCUT2D eigenvalue weighted by molar-refractivity contribution is -0.122. The fourth-order valence-electron chi connectivity index (χ4n) is 1.08. The molecular formula is C10H14BrN3O2. The number of aromatic nitrogens is 1. The van der Waals surface area contributed by atoms with Crippen LogP contribution in [-0.2, 0) is 9.53 Å². The molecule has 88 valence electrons. The lowest BCUT2D eigenvalue weighted by atomic mass is 10.3. The van der Waals surface area contributed by atoms with E-state index in [1.807, 2.05) is 13.0 Å².